The van der Waals surface area contributed by atoms with Crippen LogP contribution in [0, 0.1) is 5.82 Å². The van der Waals surface area contributed by atoms with Gasteiger partial charge in [-0.25, -0.2) is 14.2 Å². The zero-order valence-corrected chi connectivity index (χ0v) is 25.9. The van der Waals surface area contributed by atoms with Crippen molar-refractivity contribution in [3.8, 4) is 0 Å². The van der Waals surface area contributed by atoms with E-state index >= 15 is 0 Å². The van der Waals surface area contributed by atoms with Crippen molar-refractivity contribution >= 4 is 39.5 Å². The van der Waals surface area contributed by atoms with Crippen LogP contribution in [0.1, 0.15) is 66.7 Å². The van der Waals surface area contributed by atoms with Crippen LogP contribution in [0.25, 0.3) is 21.8 Å². The zero-order chi connectivity index (χ0) is 31.8. The predicted molar refractivity (Wildman–Crippen MR) is 176 cm³/mol. The Balaban J connectivity index is 1.14. The first-order valence-electron chi connectivity index (χ1n) is 15.6. The molecule has 1 saturated carbocycles. The number of pyridine rings is 3. The third kappa shape index (κ3) is 5.66. The minimum absolute atomic E-state index is 0.104. The fourth-order valence-electron chi connectivity index (χ4n) is 6.85. The predicted octanol–water partition coefficient (Wildman–Crippen LogP) is 4.44. The smallest absolute Gasteiger partial charge is 0.333 e. The summed E-state index contributed by atoms with van der Waals surface area (Å²) >= 11 is 1.83. The molecule has 10 nitrogen and oxygen atoms in total. The molecule has 0 bridgehead atoms. The lowest BCUT2D eigenvalue weighted by Gasteiger charge is -2.31. The van der Waals surface area contributed by atoms with Gasteiger partial charge in [0.1, 0.15) is 11.5 Å². The normalized spacial score (nSPS) is 19.0. The van der Waals surface area contributed by atoms with Gasteiger partial charge in [-0.2, -0.15) is 11.8 Å². The Morgan fingerprint density at radius 2 is 1.57 bits per heavy atom. The Hall–Kier alpha value is -4.58. The van der Waals surface area contributed by atoms with Crippen LogP contribution in [0.15, 0.2) is 81.5 Å². The highest BCUT2D eigenvalue weighted by Gasteiger charge is 2.30. The van der Waals surface area contributed by atoms with E-state index in [9.17, 15) is 23.6 Å². The first-order chi connectivity index (χ1) is 22.4. The van der Waals surface area contributed by atoms with Crippen molar-refractivity contribution in [3.05, 3.63) is 115 Å². The van der Waals surface area contributed by atoms with Crippen LogP contribution < -0.4 is 22.1 Å². The minimum atomic E-state index is -0.620. The molecule has 2 aliphatic rings. The quantitative estimate of drug-likeness (QED) is 0.291. The maximum Gasteiger partial charge on any atom is 0.333 e. The molecule has 236 valence electrons. The summed E-state index contributed by atoms with van der Waals surface area (Å²) < 4.78 is 18.7. The number of carbonyl (C=O) groups excluding carboxylic acids is 1. The highest BCUT2D eigenvalue weighted by Crippen LogP contribution is 2.30. The summed E-state index contributed by atoms with van der Waals surface area (Å²) in [7, 11) is 0. The van der Waals surface area contributed by atoms with Crippen LogP contribution >= 0.6 is 11.8 Å². The number of hydrogen-bond donors (Lipinski definition) is 1. The summed E-state index contributed by atoms with van der Waals surface area (Å²) in [6.07, 6.45) is 7.95. The number of benzene rings is 1. The van der Waals surface area contributed by atoms with Crippen molar-refractivity contribution in [2.24, 2.45) is 0 Å². The lowest BCUT2D eigenvalue weighted by atomic mass is 9.90. The average Bonchev–Trinajstić information content (AvgIpc) is 3.08. The van der Waals surface area contributed by atoms with Gasteiger partial charge in [0.2, 0.25) is 0 Å². The molecule has 7 rings (SSSR count). The average molecular weight is 641 g/mol. The SMILES string of the molecule is O=C(NC1CCC(n2c(=O)c3cc(F)cnc3n(C3CCSCC3)c2=O)CC1)c1cn(Cc2ccccn2)c(=O)c2ccccc12. The third-order valence-electron chi connectivity index (χ3n) is 9.17. The highest BCUT2D eigenvalue weighted by atomic mass is 32.2. The third-order valence-corrected chi connectivity index (χ3v) is 10.2. The summed E-state index contributed by atoms with van der Waals surface area (Å²) in [5.41, 5.74) is 0.203. The lowest BCUT2D eigenvalue weighted by molar-refractivity contribution is 0.0922. The van der Waals surface area contributed by atoms with Gasteiger partial charge in [-0.1, -0.05) is 24.3 Å². The van der Waals surface area contributed by atoms with Crippen molar-refractivity contribution in [1.82, 2.24) is 29.0 Å². The summed E-state index contributed by atoms with van der Waals surface area (Å²) in [5, 5.41) is 4.27. The van der Waals surface area contributed by atoms with Gasteiger partial charge in [-0.15, -0.1) is 0 Å². The molecule has 5 heterocycles. The molecule has 1 aliphatic heterocycles. The molecule has 1 aromatic carbocycles. The van der Waals surface area contributed by atoms with E-state index in [1.54, 1.807) is 47.3 Å². The van der Waals surface area contributed by atoms with Crippen LogP contribution in [0.4, 0.5) is 4.39 Å². The van der Waals surface area contributed by atoms with E-state index in [-0.39, 0.29) is 47.2 Å². The second-order valence-corrected chi connectivity index (χ2v) is 13.2. The van der Waals surface area contributed by atoms with E-state index in [1.165, 1.54) is 15.2 Å². The topological polar surface area (TPSA) is 121 Å². The maximum absolute atomic E-state index is 14.3. The van der Waals surface area contributed by atoms with E-state index in [0.717, 1.165) is 30.5 Å². The molecule has 1 saturated heterocycles. The summed E-state index contributed by atoms with van der Waals surface area (Å²) in [5.74, 6) is 0.890. The van der Waals surface area contributed by atoms with Crippen molar-refractivity contribution in [2.75, 3.05) is 11.5 Å². The van der Waals surface area contributed by atoms with Crippen molar-refractivity contribution in [3.63, 3.8) is 0 Å². The maximum atomic E-state index is 14.3. The number of fused-ring (bicyclic) bond motifs is 2. The van der Waals surface area contributed by atoms with E-state index < -0.39 is 17.1 Å². The molecule has 4 aromatic heterocycles. The number of amides is 1. The molecule has 2 fully saturated rings. The van der Waals surface area contributed by atoms with Gasteiger partial charge < -0.3 is 9.88 Å². The standard InChI is InChI=1S/C34H33FN6O4S/c35-21-17-28-30(37-18-21)40(25-12-15-46-16-13-25)34(45)41(33(28)44)24-10-8-22(9-11-24)38-31(42)29-20-39(19-23-5-3-4-14-36-23)32(43)27-7-2-1-6-26(27)29/h1-7,14,17-18,20,22,24-25H,8-13,15-16,19H2,(H,38,42). The molecule has 1 amide bonds. The minimum Gasteiger partial charge on any atom is -0.349 e. The number of hydrogen-bond acceptors (Lipinski definition) is 7. The first-order valence-corrected chi connectivity index (χ1v) is 16.8. The summed E-state index contributed by atoms with van der Waals surface area (Å²) in [6.45, 7) is 0.229. The number of rotatable bonds is 6. The van der Waals surface area contributed by atoms with E-state index in [4.69, 9.17) is 0 Å². The van der Waals surface area contributed by atoms with E-state index in [2.05, 4.69) is 15.3 Å². The molecule has 1 aliphatic carbocycles. The Kier molecular flexibility index (Phi) is 8.29. The molecule has 0 spiro atoms. The molecular formula is C34H33FN6O4S. The van der Waals surface area contributed by atoms with Gasteiger partial charge in [-0.05, 0) is 74.3 Å². The number of aromatic nitrogens is 5. The molecule has 0 radical (unpaired) electrons. The van der Waals surface area contributed by atoms with Crippen LogP contribution in [-0.4, -0.2) is 47.1 Å². The number of nitrogens with one attached hydrogen (secondary N) is 1. The van der Waals surface area contributed by atoms with Gasteiger partial charge in [0, 0.05) is 41.3 Å². The molecule has 0 atom stereocenters. The number of nitrogens with zero attached hydrogens (tertiary/aromatic N) is 5. The number of halogens is 1. The second-order valence-electron chi connectivity index (χ2n) is 12.0. The van der Waals surface area contributed by atoms with Crippen LogP contribution in [0.3, 0.4) is 0 Å². The van der Waals surface area contributed by atoms with Gasteiger partial charge in [0.15, 0.2) is 0 Å². The molecule has 0 unspecified atom stereocenters. The van der Waals surface area contributed by atoms with Gasteiger partial charge >= 0.3 is 5.69 Å². The fourth-order valence-corrected chi connectivity index (χ4v) is 7.93. The fraction of sp³-hybridized carbons (Fsp3) is 0.353. The Labute approximate surface area is 267 Å². The second kappa shape index (κ2) is 12.7. The lowest BCUT2D eigenvalue weighted by Crippen LogP contribution is -2.46. The molecule has 5 aromatic rings. The molecule has 46 heavy (non-hydrogen) atoms. The summed E-state index contributed by atoms with van der Waals surface area (Å²) in [4.78, 5) is 63.1. The molecular weight excluding hydrogens is 607 g/mol. The van der Waals surface area contributed by atoms with Crippen molar-refractivity contribution in [2.45, 2.75) is 63.2 Å². The largest absolute Gasteiger partial charge is 0.349 e. The van der Waals surface area contributed by atoms with E-state index in [0.29, 0.717) is 47.7 Å². The first kappa shape index (κ1) is 30.1. The highest BCUT2D eigenvalue weighted by molar-refractivity contribution is 7.99. The number of thioether (sulfide) groups is 1. The van der Waals surface area contributed by atoms with Gasteiger partial charge in [0.05, 0.1) is 29.4 Å². The van der Waals surface area contributed by atoms with Crippen molar-refractivity contribution < 1.29 is 9.18 Å². The van der Waals surface area contributed by atoms with Crippen LogP contribution in [0.5, 0.6) is 0 Å². The number of carbonyl (C=O) groups is 1. The Morgan fingerprint density at radius 1 is 0.848 bits per heavy atom. The molecule has 12 heteroatoms. The van der Waals surface area contributed by atoms with Gasteiger partial charge in [0.25, 0.3) is 17.0 Å². The monoisotopic (exact) mass is 640 g/mol. The zero-order valence-electron chi connectivity index (χ0n) is 25.1. The Morgan fingerprint density at radius 3 is 2.30 bits per heavy atom. The van der Waals surface area contributed by atoms with Gasteiger partial charge in [-0.3, -0.25) is 28.5 Å². The molecule has 1 N–H and O–H groups in total. The van der Waals surface area contributed by atoms with Crippen LogP contribution in [0.2, 0.25) is 0 Å². The van der Waals surface area contributed by atoms with E-state index in [1.807, 2.05) is 23.9 Å². The van der Waals surface area contributed by atoms with Crippen molar-refractivity contribution in [1.29, 1.82) is 0 Å². The Bertz CT molecular complexity index is 2120. The summed E-state index contributed by atoms with van der Waals surface area (Å²) in [6, 6.07) is 13.1. The van der Waals surface area contributed by atoms with Crippen LogP contribution in [-0.2, 0) is 6.54 Å².